The van der Waals surface area contributed by atoms with Gasteiger partial charge in [0.1, 0.15) is 5.82 Å². The zero-order chi connectivity index (χ0) is 14.8. The Bertz CT molecular complexity index is 608. The Labute approximate surface area is 117 Å². The van der Waals surface area contributed by atoms with Gasteiger partial charge in [-0.25, -0.2) is 17.9 Å². The summed E-state index contributed by atoms with van der Waals surface area (Å²) in [6, 6.07) is 2.99. The van der Waals surface area contributed by atoms with E-state index in [1.54, 1.807) is 4.90 Å². The molecule has 7 heteroatoms. The van der Waals surface area contributed by atoms with E-state index < -0.39 is 15.8 Å². The van der Waals surface area contributed by atoms with E-state index >= 15 is 0 Å². The summed E-state index contributed by atoms with van der Waals surface area (Å²) in [6.45, 7) is 1.22. The number of primary sulfonamides is 1. The Morgan fingerprint density at radius 3 is 2.25 bits per heavy atom. The monoisotopic (exact) mass is 300 g/mol. The average Bonchev–Trinajstić information content (AvgIpc) is 2.65. The number of benzene rings is 1. The summed E-state index contributed by atoms with van der Waals surface area (Å²) >= 11 is 0. The molecule has 0 unspecified atom stereocenters. The van der Waals surface area contributed by atoms with Crippen LogP contribution in [0.25, 0.3) is 0 Å². The van der Waals surface area contributed by atoms with Crippen molar-refractivity contribution in [3.63, 3.8) is 0 Å². The first-order chi connectivity index (χ1) is 9.38. The van der Waals surface area contributed by atoms with Gasteiger partial charge in [0, 0.05) is 18.7 Å². The molecule has 5 nitrogen and oxygen atoms in total. The molecule has 20 heavy (non-hydrogen) atoms. The first-order valence-corrected chi connectivity index (χ1v) is 8.05. The van der Waals surface area contributed by atoms with Crippen LogP contribution in [0.3, 0.4) is 0 Å². The second-order valence-electron chi connectivity index (χ2n) is 4.93. The summed E-state index contributed by atoms with van der Waals surface area (Å²) < 4.78 is 36.0. The van der Waals surface area contributed by atoms with Crippen LogP contribution < -0.4 is 5.14 Å². The SMILES string of the molecule is NS(=O)(=O)c1cc(F)cc(C(=O)N2CCCCCC2)c1. The molecular formula is C13H17FN2O3S. The fourth-order valence-electron chi connectivity index (χ4n) is 2.31. The first-order valence-electron chi connectivity index (χ1n) is 6.50. The molecule has 1 heterocycles. The average molecular weight is 300 g/mol. The summed E-state index contributed by atoms with van der Waals surface area (Å²) in [5.41, 5.74) is 0.0240. The molecule has 0 radical (unpaired) electrons. The molecule has 1 saturated heterocycles. The number of hydrogen-bond acceptors (Lipinski definition) is 3. The standard InChI is InChI=1S/C13H17FN2O3S/c14-11-7-10(8-12(9-11)20(15,18)19)13(17)16-5-3-1-2-4-6-16/h7-9H,1-6H2,(H2,15,18,19). The maximum Gasteiger partial charge on any atom is 0.253 e. The lowest BCUT2D eigenvalue weighted by Crippen LogP contribution is -2.32. The minimum Gasteiger partial charge on any atom is -0.339 e. The highest BCUT2D eigenvalue weighted by Gasteiger charge is 2.20. The lowest BCUT2D eigenvalue weighted by atomic mass is 10.2. The Kier molecular flexibility index (Phi) is 4.39. The van der Waals surface area contributed by atoms with E-state index in [-0.39, 0.29) is 16.4 Å². The van der Waals surface area contributed by atoms with Crippen molar-refractivity contribution in [3.05, 3.63) is 29.6 Å². The van der Waals surface area contributed by atoms with Crippen LogP contribution in [-0.4, -0.2) is 32.3 Å². The Balaban J connectivity index is 2.32. The third-order valence-electron chi connectivity index (χ3n) is 3.34. The molecule has 2 N–H and O–H groups in total. The third kappa shape index (κ3) is 3.55. The van der Waals surface area contributed by atoms with Gasteiger partial charge in [-0.1, -0.05) is 12.8 Å². The summed E-state index contributed by atoms with van der Waals surface area (Å²) in [5, 5.41) is 4.98. The number of carbonyl (C=O) groups is 1. The molecule has 0 spiro atoms. The molecule has 1 aliphatic heterocycles. The van der Waals surface area contributed by atoms with Crippen molar-refractivity contribution in [1.82, 2.24) is 4.90 Å². The normalized spacial score (nSPS) is 16.8. The fourth-order valence-corrected chi connectivity index (χ4v) is 2.87. The molecule has 0 aromatic heterocycles. The highest BCUT2D eigenvalue weighted by molar-refractivity contribution is 7.89. The number of hydrogen-bond donors (Lipinski definition) is 1. The van der Waals surface area contributed by atoms with Gasteiger partial charge in [0.25, 0.3) is 5.91 Å². The van der Waals surface area contributed by atoms with Gasteiger partial charge in [-0.2, -0.15) is 0 Å². The van der Waals surface area contributed by atoms with E-state index in [2.05, 4.69) is 0 Å². The van der Waals surface area contributed by atoms with Crippen LogP contribution in [0.5, 0.6) is 0 Å². The number of nitrogens with two attached hydrogens (primary N) is 1. The summed E-state index contributed by atoms with van der Waals surface area (Å²) in [6.07, 6.45) is 3.94. The van der Waals surface area contributed by atoms with Crippen molar-refractivity contribution in [2.75, 3.05) is 13.1 Å². The maximum atomic E-state index is 13.5. The summed E-state index contributed by atoms with van der Waals surface area (Å²) in [4.78, 5) is 13.6. The summed E-state index contributed by atoms with van der Waals surface area (Å²) in [5.74, 6) is -1.13. The predicted octanol–water partition coefficient (Wildman–Crippen LogP) is 1.49. The molecule has 1 fully saturated rings. The summed E-state index contributed by atoms with van der Waals surface area (Å²) in [7, 11) is -4.03. The molecule has 0 atom stereocenters. The molecule has 2 rings (SSSR count). The van der Waals surface area contributed by atoms with Crippen molar-refractivity contribution < 1.29 is 17.6 Å². The topological polar surface area (TPSA) is 80.5 Å². The number of likely N-dealkylation sites (tertiary alicyclic amines) is 1. The lowest BCUT2D eigenvalue weighted by molar-refractivity contribution is 0.0761. The van der Waals surface area contributed by atoms with Gasteiger partial charge in [-0.05, 0) is 31.0 Å². The molecule has 0 saturated carbocycles. The number of carbonyl (C=O) groups excluding carboxylic acids is 1. The van der Waals surface area contributed by atoms with Crippen LogP contribution in [0.4, 0.5) is 4.39 Å². The van der Waals surface area contributed by atoms with E-state index in [1.807, 2.05) is 0 Å². The number of amides is 1. The highest BCUT2D eigenvalue weighted by Crippen LogP contribution is 2.17. The Hall–Kier alpha value is -1.47. The second-order valence-corrected chi connectivity index (χ2v) is 6.49. The second kappa shape index (κ2) is 5.88. The van der Waals surface area contributed by atoms with Crippen molar-refractivity contribution in [3.8, 4) is 0 Å². The van der Waals surface area contributed by atoms with E-state index in [1.165, 1.54) is 0 Å². The third-order valence-corrected chi connectivity index (χ3v) is 4.23. The zero-order valence-corrected chi connectivity index (χ0v) is 11.8. The molecule has 1 amide bonds. The van der Waals surface area contributed by atoms with Crippen LogP contribution in [0.1, 0.15) is 36.0 Å². The Morgan fingerprint density at radius 1 is 1.10 bits per heavy atom. The molecule has 1 aromatic rings. The van der Waals surface area contributed by atoms with Crippen LogP contribution in [-0.2, 0) is 10.0 Å². The molecule has 0 aliphatic carbocycles. The molecule has 1 aromatic carbocycles. The van der Waals surface area contributed by atoms with E-state index in [9.17, 15) is 17.6 Å². The molecule has 110 valence electrons. The fraction of sp³-hybridized carbons (Fsp3) is 0.462. The Morgan fingerprint density at radius 2 is 1.70 bits per heavy atom. The zero-order valence-electron chi connectivity index (χ0n) is 11.0. The van der Waals surface area contributed by atoms with Gasteiger partial charge in [0.2, 0.25) is 10.0 Å². The predicted molar refractivity (Wildman–Crippen MR) is 72.1 cm³/mol. The van der Waals surface area contributed by atoms with Crippen LogP contribution >= 0.6 is 0 Å². The maximum absolute atomic E-state index is 13.5. The number of sulfonamides is 1. The van der Waals surface area contributed by atoms with Gasteiger partial charge in [-0.3, -0.25) is 4.79 Å². The van der Waals surface area contributed by atoms with Crippen LogP contribution in [0.15, 0.2) is 23.1 Å². The van der Waals surface area contributed by atoms with Crippen molar-refractivity contribution >= 4 is 15.9 Å². The van der Waals surface area contributed by atoms with Gasteiger partial charge < -0.3 is 4.90 Å². The highest BCUT2D eigenvalue weighted by atomic mass is 32.2. The van der Waals surface area contributed by atoms with Gasteiger partial charge in [-0.15, -0.1) is 0 Å². The van der Waals surface area contributed by atoms with Crippen LogP contribution in [0.2, 0.25) is 0 Å². The minimum atomic E-state index is -4.03. The van der Waals surface area contributed by atoms with E-state index in [4.69, 9.17) is 5.14 Å². The number of halogens is 1. The number of nitrogens with zero attached hydrogens (tertiary/aromatic N) is 1. The first kappa shape index (κ1) is 14.9. The number of rotatable bonds is 2. The van der Waals surface area contributed by atoms with E-state index in [0.717, 1.165) is 43.9 Å². The van der Waals surface area contributed by atoms with Crippen molar-refractivity contribution in [1.29, 1.82) is 0 Å². The lowest BCUT2D eigenvalue weighted by Gasteiger charge is -2.20. The van der Waals surface area contributed by atoms with Gasteiger partial charge >= 0.3 is 0 Å². The van der Waals surface area contributed by atoms with Crippen molar-refractivity contribution in [2.45, 2.75) is 30.6 Å². The smallest absolute Gasteiger partial charge is 0.253 e. The molecule has 0 bridgehead atoms. The minimum absolute atomic E-state index is 0.0240. The molecular weight excluding hydrogens is 283 g/mol. The van der Waals surface area contributed by atoms with Gasteiger partial charge in [0.15, 0.2) is 0 Å². The largest absolute Gasteiger partial charge is 0.339 e. The van der Waals surface area contributed by atoms with Gasteiger partial charge in [0.05, 0.1) is 4.90 Å². The van der Waals surface area contributed by atoms with Crippen molar-refractivity contribution in [2.24, 2.45) is 5.14 Å². The molecule has 1 aliphatic rings. The van der Waals surface area contributed by atoms with E-state index in [0.29, 0.717) is 13.1 Å². The quantitative estimate of drug-likeness (QED) is 0.898. The van der Waals surface area contributed by atoms with Crippen LogP contribution in [0, 0.1) is 5.82 Å².